The van der Waals surface area contributed by atoms with Gasteiger partial charge < -0.3 is 14.7 Å². The Morgan fingerprint density at radius 3 is 2.42 bits per heavy atom. The minimum Gasteiger partial charge on any atom is -0.466 e. The monoisotopic (exact) mass is 333 g/mol. The Bertz CT molecular complexity index is 549. The first-order valence-corrected chi connectivity index (χ1v) is 8.31. The van der Waals surface area contributed by atoms with Gasteiger partial charge in [-0.05, 0) is 30.0 Å². The highest BCUT2D eigenvalue weighted by atomic mass is 16.5. The van der Waals surface area contributed by atoms with E-state index in [0.717, 1.165) is 5.56 Å². The molecule has 0 bridgehead atoms. The van der Waals surface area contributed by atoms with Crippen molar-refractivity contribution in [1.82, 2.24) is 4.90 Å². The van der Waals surface area contributed by atoms with Crippen LogP contribution in [0.3, 0.4) is 0 Å². The normalized spacial score (nSPS) is 11.0. The molecule has 5 nitrogen and oxygen atoms in total. The molecule has 0 aromatic heterocycles. The predicted octanol–water partition coefficient (Wildman–Crippen LogP) is 2.60. The first-order valence-electron chi connectivity index (χ1n) is 8.31. The topological polar surface area (TPSA) is 66.8 Å². The number of aliphatic hydroxyl groups excluding tert-OH is 1. The predicted molar refractivity (Wildman–Crippen MR) is 94.5 cm³/mol. The van der Waals surface area contributed by atoms with Crippen LogP contribution in [-0.2, 0) is 14.3 Å². The van der Waals surface area contributed by atoms with Gasteiger partial charge in [-0.3, -0.25) is 9.59 Å². The van der Waals surface area contributed by atoms with E-state index in [0.29, 0.717) is 12.5 Å². The number of nitrogens with zero attached hydrogens (tertiary/aromatic N) is 1. The second-order valence-corrected chi connectivity index (χ2v) is 5.76. The van der Waals surface area contributed by atoms with Crippen molar-refractivity contribution in [3.63, 3.8) is 0 Å². The molecule has 0 atom stereocenters. The van der Waals surface area contributed by atoms with E-state index in [1.165, 1.54) is 16.5 Å². The van der Waals surface area contributed by atoms with Gasteiger partial charge in [0.2, 0.25) is 5.91 Å². The fourth-order valence-electron chi connectivity index (χ4n) is 2.18. The summed E-state index contributed by atoms with van der Waals surface area (Å²) in [5, 5.41) is 9.09. The Hall–Kier alpha value is -2.14. The number of carbonyl (C=O) groups excluding carboxylic acids is 2. The number of esters is 1. The van der Waals surface area contributed by atoms with E-state index in [1.807, 2.05) is 24.3 Å². The van der Waals surface area contributed by atoms with Crippen molar-refractivity contribution in [1.29, 1.82) is 0 Å². The summed E-state index contributed by atoms with van der Waals surface area (Å²) in [5.41, 5.74) is 2.18. The van der Waals surface area contributed by atoms with Crippen molar-refractivity contribution in [3.8, 4) is 0 Å². The van der Waals surface area contributed by atoms with Gasteiger partial charge in [0, 0.05) is 19.2 Å². The van der Waals surface area contributed by atoms with Crippen molar-refractivity contribution in [2.45, 2.75) is 33.1 Å². The molecule has 0 aliphatic carbocycles. The van der Waals surface area contributed by atoms with Crippen molar-refractivity contribution < 1.29 is 19.4 Å². The van der Waals surface area contributed by atoms with Crippen LogP contribution in [0.2, 0.25) is 0 Å². The van der Waals surface area contributed by atoms with Crippen LogP contribution < -0.4 is 0 Å². The summed E-state index contributed by atoms with van der Waals surface area (Å²) in [7, 11) is 0. The number of carbonyl (C=O) groups is 2. The molecule has 0 unspecified atom stereocenters. The van der Waals surface area contributed by atoms with Crippen molar-refractivity contribution in [2.75, 3.05) is 26.3 Å². The molecule has 0 saturated carbocycles. The summed E-state index contributed by atoms with van der Waals surface area (Å²) >= 11 is 0. The minimum atomic E-state index is -0.346. The number of ether oxygens (including phenoxy) is 1. The van der Waals surface area contributed by atoms with E-state index >= 15 is 0 Å². The molecule has 1 N–H and O–H groups in total. The molecule has 0 radical (unpaired) electrons. The molecule has 0 fully saturated rings. The molecule has 5 heteroatoms. The molecular weight excluding hydrogens is 306 g/mol. The fraction of sp³-hybridized carbons (Fsp3) is 0.474. The Morgan fingerprint density at radius 1 is 1.21 bits per heavy atom. The maximum Gasteiger partial charge on any atom is 0.307 e. The zero-order valence-electron chi connectivity index (χ0n) is 14.7. The van der Waals surface area contributed by atoms with Gasteiger partial charge in [0.05, 0.1) is 19.6 Å². The zero-order valence-corrected chi connectivity index (χ0v) is 14.7. The largest absolute Gasteiger partial charge is 0.466 e. The summed E-state index contributed by atoms with van der Waals surface area (Å²) in [4.78, 5) is 25.1. The number of rotatable bonds is 9. The van der Waals surface area contributed by atoms with Crippen LogP contribution in [0.4, 0.5) is 0 Å². The summed E-state index contributed by atoms with van der Waals surface area (Å²) < 4.78 is 4.85. The lowest BCUT2D eigenvalue weighted by Crippen LogP contribution is -2.34. The molecule has 1 rings (SSSR count). The highest BCUT2D eigenvalue weighted by molar-refractivity contribution is 5.92. The van der Waals surface area contributed by atoms with Crippen molar-refractivity contribution in [2.24, 2.45) is 0 Å². The molecule has 1 aromatic carbocycles. The van der Waals surface area contributed by atoms with E-state index < -0.39 is 0 Å². The number of benzene rings is 1. The Balaban J connectivity index is 2.64. The van der Waals surface area contributed by atoms with E-state index in [4.69, 9.17) is 9.84 Å². The van der Waals surface area contributed by atoms with Crippen LogP contribution in [0.25, 0.3) is 6.08 Å². The summed E-state index contributed by atoms with van der Waals surface area (Å²) in [5.74, 6) is -0.115. The fourth-order valence-corrected chi connectivity index (χ4v) is 2.18. The summed E-state index contributed by atoms with van der Waals surface area (Å²) in [6, 6.07) is 8.02. The SMILES string of the molecule is CCOC(=O)CCN(CCO)C(=O)/C=C/c1ccc(C(C)C)cc1. The number of amides is 1. The Morgan fingerprint density at radius 2 is 1.88 bits per heavy atom. The van der Waals surface area contributed by atoms with Crippen molar-refractivity contribution in [3.05, 3.63) is 41.5 Å². The van der Waals surface area contributed by atoms with Crippen LogP contribution in [0.5, 0.6) is 0 Å². The maximum atomic E-state index is 12.2. The summed E-state index contributed by atoms with van der Waals surface area (Å²) in [6.07, 6.45) is 3.32. The molecule has 0 saturated heterocycles. The molecular formula is C19H27NO4. The van der Waals surface area contributed by atoms with E-state index in [2.05, 4.69) is 13.8 Å². The minimum absolute atomic E-state index is 0.122. The average molecular weight is 333 g/mol. The first-order chi connectivity index (χ1) is 11.5. The van der Waals surface area contributed by atoms with E-state index in [-0.39, 0.29) is 38.0 Å². The quantitative estimate of drug-likeness (QED) is 0.557. The maximum absolute atomic E-state index is 12.2. The van der Waals surface area contributed by atoms with Crippen LogP contribution >= 0.6 is 0 Å². The third kappa shape index (κ3) is 6.96. The molecule has 1 aromatic rings. The molecule has 132 valence electrons. The molecule has 0 aliphatic heterocycles. The average Bonchev–Trinajstić information content (AvgIpc) is 2.57. The van der Waals surface area contributed by atoms with Crippen LogP contribution in [0, 0.1) is 0 Å². The van der Waals surface area contributed by atoms with Gasteiger partial charge in [0.15, 0.2) is 0 Å². The molecule has 1 amide bonds. The number of hydrogen-bond acceptors (Lipinski definition) is 4. The standard InChI is InChI=1S/C19H27NO4/c1-4-24-19(23)11-12-20(13-14-21)18(22)10-7-16-5-8-17(9-6-16)15(2)3/h5-10,15,21H,4,11-14H2,1-3H3/b10-7+. The highest BCUT2D eigenvalue weighted by Gasteiger charge is 2.12. The summed E-state index contributed by atoms with van der Waals surface area (Å²) in [6.45, 7) is 6.59. The molecule has 0 aliphatic rings. The Labute approximate surface area is 143 Å². The van der Waals surface area contributed by atoms with Gasteiger partial charge in [-0.1, -0.05) is 38.1 Å². The Kier molecular flexibility index (Phi) is 8.79. The molecule has 0 spiro atoms. The molecule has 0 heterocycles. The van der Waals surface area contributed by atoms with Crippen molar-refractivity contribution >= 4 is 18.0 Å². The van der Waals surface area contributed by atoms with Gasteiger partial charge >= 0.3 is 5.97 Å². The van der Waals surface area contributed by atoms with Gasteiger partial charge in [-0.2, -0.15) is 0 Å². The van der Waals surface area contributed by atoms with Gasteiger partial charge in [-0.25, -0.2) is 0 Å². The third-order valence-electron chi connectivity index (χ3n) is 3.59. The zero-order chi connectivity index (χ0) is 17.9. The second kappa shape index (κ2) is 10.6. The van der Waals surface area contributed by atoms with E-state index in [9.17, 15) is 9.59 Å². The smallest absolute Gasteiger partial charge is 0.307 e. The second-order valence-electron chi connectivity index (χ2n) is 5.76. The van der Waals surface area contributed by atoms with E-state index in [1.54, 1.807) is 13.0 Å². The third-order valence-corrected chi connectivity index (χ3v) is 3.59. The van der Waals surface area contributed by atoms with Crippen LogP contribution in [-0.4, -0.2) is 48.2 Å². The lowest BCUT2D eigenvalue weighted by Gasteiger charge is -2.19. The molecule has 24 heavy (non-hydrogen) atoms. The lowest BCUT2D eigenvalue weighted by atomic mass is 10.0. The van der Waals surface area contributed by atoms with Gasteiger partial charge in [0.25, 0.3) is 0 Å². The van der Waals surface area contributed by atoms with Crippen LogP contribution in [0.1, 0.15) is 44.2 Å². The number of hydrogen-bond donors (Lipinski definition) is 1. The van der Waals surface area contributed by atoms with Gasteiger partial charge in [-0.15, -0.1) is 0 Å². The number of aliphatic hydroxyl groups is 1. The van der Waals surface area contributed by atoms with Crippen LogP contribution in [0.15, 0.2) is 30.3 Å². The van der Waals surface area contributed by atoms with Gasteiger partial charge in [0.1, 0.15) is 0 Å². The lowest BCUT2D eigenvalue weighted by molar-refractivity contribution is -0.143. The first kappa shape index (κ1) is 19.9. The highest BCUT2D eigenvalue weighted by Crippen LogP contribution is 2.15.